The van der Waals surface area contributed by atoms with Crippen molar-refractivity contribution >= 4 is 18.3 Å². The van der Waals surface area contributed by atoms with Crippen molar-refractivity contribution in [3.05, 3.63) is 29.8 Å². The third-order valence-electron chi connectivity index (χ3n) is 5.06. The Morgan fingerprint density at radius 1 is 1.24 bits per heavy atom. The number of para-hydroxylation sites is 1. The van der Waals surface area contributed by atoms with Gasteiger partial charge < -0.3 is 19.7 Å². The van der Waals surface area contributed by atoms with Crippen molar-refractivity contribution in [2.75, 3.05) is 33.4 Å². The van der Waals surface area contributed by atoms with E-state index in [1.165, 1.54) is 19.3 Å². The fourth-order valence-corrected chi connectivity index (χ4v) is 3.73. The largest absolute Gasteiger partial charge is 0.496 e. The number of carbonyl (C=O) groups is 1. The summed E-state index contributed by atoms with van der Waals surface area (Å²) in [5.41, 5.74) is 1.05. The Labute approximate surface area is 156 Å². The molecule has 1 saturated carbocycles. The molecular weight excluding hydrogens is 340 g/mol. The average Bonchev–Trinajstić information content (AvgIpc) is 2.67. The lowest BCUT2D eigenvalue weighted by molar-refractivity contribution is -0.142. The maximum Gasteiger partial charge on any atom is 0.249 e. The molecule has 1 heterocycles. The average molecular weight is 369 g/mol. The quantitative estimate of drug-likeness (QED) is 0.868. The standard InChI is InChI=1S/C19H28N2O3.ClH/c1-23-18-10-6-5-9-16(18)17-13-20-11-12-21(17)19(22)14-24-15-7-3-2-4-8-15;/h5-6,9-10,15,17,20H,2-4,7-8,11-14H2,1H3;1H. The van der Waals surface area contributed by atoms with Crippen LogP contribution in [0.1, 0.15) is 43.7 Å². The van der Waals surface area contributed by atoms with E-state index in [0.29, 0.717) is 6.54 Å². The molecule has 0 bridgehead atoms. The van der Waals surface area contributed by atoms with Gasteiger partial charge in [-0.3, -0.25) is 4.79 Å². The molecule has 1 aromatic carbocycles. The molecule has 0 radical (unpaired) electrons. The SMILES string of the molecule is COc1ccccc1C1CNCCN1C(=O)COC1CCCCC1.Cl. The molecule has 1 N–H and O–H groups in total. The number of methoxy groups -OCH3 is 1. The van der Waals surface area contributed by atoms with Crippen molar-refractivity contribution in [3.63, 3.8) is 0 Å². The highest BCUT2D eigenvalue weighted by molar-refractivity contribution is 5.85. The summed E-state index contributed by atoms with van der Waals surface area (Å²) in [6.45, 7) is 2.46. The topological polar surface area (TPSA) is 50.8 Å². The van der Waals surface area contributed by atoms with Gasteiger partial charge in [-0.15, -0.1) is 12.4 Å². The van der Waals surface area contributed by atoms with Gasteiger partial charge in [-0.1, -0.05) is 37.5 Å². The van der Waals surface area contributed by atoms with Gasteiger partial charge in [-0.2, -0.15) is 0 Å². The number of hydrogen-bond acceptors (Lipinski definition) is 4. The summed E-state index contributed by atoms with van der Waals surface area (Å²) in [6, 6.07) is 7.94. The molecule has 1 atom stereocenters. The Bertz CT molecular complexity index is 549. The van der Waals surface area contributed by atoms with E-state index >= 15 is 0 Å². The minimum atomic E-state index is -0.00245. The van der Waals surface area contributed by atoms with Gasteiger partial charge in [0.05, 0.1) is 19.3 Å². The molecule has 2 aliphatic rings. The van der Waals surface area contributed by atoms with Crippen LogP contribution in [0.4, 0.5) is 0 Å². The maximum absolute atomic E-state index is 12.8. The number of carbonyl (C=O) groups excluding carboxylic acids is 1. The molecule has 25 heavy (non-hydrogen) atoms. The van der Waals surface area contributed by atoms with Crippen LogP contribution in [0.25, 0.3) is 0 Å². The van der Waals surface area contributed by atoms with Gasteiger partial charge in [-0.05, 0) is 18.9 Å². The number of nitrogens with one attached hydrogen (secondary N) is 1. The highest BCUT2D eigenvalue weighted by atomic mass is 35.5. The summed E-state index contributed by atoms with van der Waals surface area (Å²) in [4.78, 5) is 14.7. The van der Waals surface area contributed by atoms with E-state index in [1.54, 1.807) is 7.11 Å². The van der Waals surface area contributed by atoms with Crippen LogP contribution in [0.3, 0.4) is 0 Å². The van der Waals surface area contributed by atoms with E-state index in [4.69, 9.17) is 9.47 Å². The second-order valence-corrected chi connectivity index (χ2v) is 6.62. The first kappa shape index (κ1) is 20.0. The maximum atomic E-state index is 12.8. The first-order chi connectivity index (χ1) is 11.8. The number of benzene rings is 1. The summed E-state index contributed by atoms with van der Waals surface area (Å²) < 4.78 is 11.4. The summed E-state index contributed by atoms with van der Waals surface area (Å²) in [7, 11) is 1.67. The van der Waals surface area contributed by atoms with E-state index in [1.807, 2.05) is 29.2 Å². The molecule has 1 aromatic rings. The summed E-state index contributed by atoms with van der Waals surface area (Å²) in [5.74, 6) is 0.912. The monoisotopic (exact) mass is 368 g/mol. The van der Waals surface area contributed by atoms with Gasteiger partial charge in [0.25, 0.3) is 0 Å². The zero-order chi connectivity index (χ0) is 16.8. The van der Waals surface area contributed by atoms with Crippen molar-refractivity contribution in [1.82, 2.24) is 10.2 Å². The first-order valence-electron chi connectivity index (χ1n) is 9.04. The Kier molecular flexibility index (Phi) is 8.00. The summed E-state index contributed by atoms with van der Waals surface area (Å²) in [5, 5.41) is 3.38. The summed E-state index contributed by atoms with van der Waals surface area (Å²) >= 11 is 0. The lowest BCUT2D eigenvalue weighted by Gasteiger charge is -2.37. The Hall–Kier alpha value is -1.30. The number of amides is 1. The minimum Gasteiger partial charge on any atom is -0.496 e. The highest BCUT2D eigenvalue weighted by Crippen LogP contribution is 2.30. The number of halogens is 1. The summed E-state index contributed by atoms with van der Waals surface area (Å²) in [6.07, 6.45) is 6.17. The fraction of sp³-hybridized carbons (Fsp3) is 0.632. The van der Waals surface area contributed by atoms with Crippen molar-refractivity contribution in [3.8, 4) is 5.75 Å². The number of piperazine rings is 1. The molecule has 1 unspecified atom stereocenters. The minimum absolute atomic E-state index is 0. The number of nitrogens with zero attached hydrogens (tertiary/aromatic N) is 1. The normalized spacial score (nSPS) is 21.5. The van der Waals surface area contributed by atoms with Crippen molar-refractivity contribution in [1.29, 1.82) is 0 Å². The van der Waals surface area contributed by atoms with Gasteiger partial charge >= 0.3 is 0 Å². The second-order valence-electron chi connectivity index (χ2n) is 6.62. The first-order valence-corrected chi connectivity index (χ1v) is 9.04. The third-order valence-corrected chi connectivity index (χ3v) is 5.06. The van der Waals surface area contributed by atoms with Crippen LogP contribution in [-0.2, 0) is 9.53 Å². The molecular formula is C19H29ClN2O3. The Morgan fingerprint density at radius 2 is 2.00 bits per heavy atom. The van der Waals surface area contributed by atoms with Gasteiger partial charge in [-0.25, -0.2) is 0 Å². The molecule has 1 aliphatic heterocycles. The van der Waals surface area contributed by atoms with E-state index in [9.17, 15) is 4.79 Å². The zero-order valence-electron chi connectivity index (χ0n) is 14.9. The van der Waals surface area contributed by atoms with E-state index < -0.39 is 0 Å². The molecule has 3 rings (SSSR count). The lowest BCUT2D eigenvalue weighted by atomic mass is 9.98. The van der Waals surface area contributed by atoms with Gasteiger partial charge in [0.1, 0.15) is 12.4 Å². The molecule has 1 aliphatic carbocycles. The molecule has 5 nitrogen and oxygen atoms in total. The lowest BCUT2D eigenvalue weighted by Crippen LogP contribution is -2.50. The third kappa shape index (κ3) is 5.09. The number of rotatable bonds is 5. The van der Waals surface area contributed by atoms with Crippen LogP contribution >= 0.6 is 12.4 Å². The molecule has 6 heteroatoms. The Balaban J connectivity index is 0.00000225. The smallest absolute Gasteiger partial charge is 0.249 e. The zero-order valence-corrected chi connectivity index (χ0v) is 15.7. The van der Waals surface area contributed by atoms with Crippen LogP contribution in [0.15, 0.2) is 24.3 Å². The Morgan fingerprint density at radius 3 is 2.76 bits per heavy atom. The van der Waals surface area contributed by atoms with Gasteiger partial charge in [0.15, 0.2) is 0 Å². The number of ether oxygens (including phenoxy) is 2. The van der Waals surface area contributed by atoms with Gasteiger partial charge in [0.2, 0.25) is 5.91 Å². The van der Waals surface area contributed by atoms with Crippen LogP contribution in [-0.4, -0.2) is 50.3 Å². The number of hydrogen-bond donors (Lipinski definition) is 1. The van der Waals surface area contributed by atoms with Crippen LogP contribution in [0.2, 0.25) is 0 Å². The van der Waals surface area contributed by atoms with Crippen molar-refractivity contribution in [2.45, 2.75) is 44.2 Å². The van der Waals surface area contributed by atoms with Crippen molar-refractivity contribution < 1.29 is 14.3 Å². The second kappa shape index (κ2) is 10.00. The predicted octanol–water partition coefficient (Wildman–Crippen LogP) is 2.94. The molecule has 1 saturated heterocycles. The van der Waals surface area contributed by atoms with Crippen LogP contribution in [0, 0.1) is 0 Å². The van der Waals surface area contributed by atoms with Crippen molar-refractivity contribution in [2.24, 2.45) is 0 Å². The molecule has 1 amide bonds. The van der Waals surface area contributed by atoms with E-state index in [2.05, 4.69) is 5.32 Å². The highest BCUT2D eigenvalue weighted by Gasteiger charge is 2.30. The molecule has 0 spiro atoms. The van der Waals surface area contributed by atoms with Gasteiger partial charge in [0, 0.05) is 25.2 Å². The van der Waals surface area contributed by atoms with Crippen LogP contribution < -0.4 is 10.1 Å². The fourth-order valence-electron chi connectivity index (χ4n) is 3.73. The van der Waals surface area contributed by atoms with Crippen LogP contribution in [0.5, 0.6) is 5.75 Å². The molecule has 140 valence electrons. The molecule has 2 fully saturated rings. The van der Waals surface area contributed by atoms with E-state index in [-0.39, 0.29) is 37.1 Å². The predicted molar refractivity (Wildman–Crippen MR) is 100 cm³/mol. The molecule has 0 aromatic heterocycles. The van der Waals surface area contributed by atoms with E-state index in [0.717, 1.165) is 37.2 Å².